The lowest BCUT2D eigenvalue weighted by molar-refractivity contribution is -0.136. The zero-order valence-electron chi connectivity index (χ0n) is 14.5. The molecule has 25 heavy (non-hydrogen) atoms. The van der Waals surface area contributed by atoms with Gasteiger partial charge in [-0.25, -0.2) is 0 Å². The maximum absolute atomic E-state index is 13.3. The van der Waals surface area contributed by atoms with Crippen LogP contribution in [0.5, 0.6) is 0 Å². The average Bonchev–Trinajstić information content (AvgIpc) is 2.54. The van der Waals surface area contributed by atoms with Crippen molar-refractivity contribution in [2.45, 2.75) is 6.18 Å². The Labute approximate surface area is 144 Å². The summed E-state index contributed by atoms with van der Waals surface area (Å²) in [6, 6.07) is 10.5. The van der Waals surface area contributed by atoms with Crippen LogP contribution in [0.4, 0.5) is 30.2 Å². The molecule has 0 saturated carbocycles. The number of carbonyl (C=O) groups is 1. The summed E-state index contributed by atoms with van der Waals surface area (Å²) in [5, 5.41) is 2.37. The first kappa shape index (κ1) is 18.6. The van der Waals surface area contributed by atoms with Crippen molar-refractivity contribution < 1.29 is 18.0 Å². The van der Waals surface area contributed by atoms with E-state index < -0.39 is 17.6 Å². The normalized spacial score (nSPS) is 11.2. The van der Waals surface area contributed by atoms with Gasteiger partial charge in [-0.3, -0.25) is 4.79 Å². The predicted octanol–water partition coefficient (Wildman–Crippen LogP) is 4.09. The van der Waals surface area contributed by atoms with Gasteiger partial charge in [-0.2, -0.15) is 13.2 Å². The first-order valence-electron chi connectivity index (χ1n) is 7.57. The van der Waals surface area contributed by atoms with Crippen LogP contribution >= 0.6 is 0 Å². The van der Waals surface area contributed by atoms with Crippen LogP contribution in [0.15, 0.2) is 42.5 Å². The summed E-state index contributed by atoms with van der Waals surface area (Å²) in [5.41, 5.74) is 0.330. The first-order chi connectivity index (χ1) is 11.6. The number of hydrogen-bond acceptors (Lipinski definition) is 3. The molecule has 0 aromatic heterocycles. The van der Waals surface area contributed by atoms with E-state index in [1.807, 2.05) is 25.1 Å². The van der Waals surface area contributed by atoms with Crippen LogP contribution in [-0.2, 0) is 6.18 Å². The van der Waals surface area contributed by atoms with Crippen LogP contribution in [0.25, 0.3) is 0 Å². The second kappa shape index (κ2) is 7.04. The zero-order chi connectivity index (χ0) is 18.8. The highest BCUT2D eigenvalue weighted by Gasteiger charge is 2.34. The first-order valence-corrected chi connectivity index (χ1v) is 7.57. The molecular weight excluding hydrogens is 331 g/mol. The summed E-state index contributed by atoms with van der Waals surface area (Å²) < 4.78 is 40.0. The molecule has 4 nitrogen and oxygen atoms in total. The number of nitrogens with one attached hydrogen (secondary N) is 1. The highest BCUT2D eigenvalue weighted by atomic mass is 19.4. The van der Waals surface area contributed by atoms with Crippen molar-refractivity contribution in [3.8, 4) is 0 Å². The highest BCUT2D eigenvalue weighted by molar-refractivity contribution is 6.05. The molecule has 0 atom stereocenters. The van der Waals surface area contributed by atoms with Crippen LogP contribution in [0.1, 0.15) is 15.9 Å². The minimum Gasteiger partial charge on any atom is -0.378 e. The number of alkyl halides is 3. The van der Waals surface area contributed by atoms with Gasteiger partial charge >= 0.3 is 6.18 Å². The van der Waals surface area contributed by atoms with E-state index in [4.69, 9.17) is 0 Å². The van der Waals surface area contributed by atoms with Gasteiger partial charge in [0.2, 0.25) is 0 Å². The van der Waals surface area contributed by atoms with Gasteiger partial charge < -0.3 is 15.1 Å². The van der Waals surface area contributed by atoms with E-state index in [2.05, 4.69) is 5.32 Å². The summed E-state index contributed by atoms with van der Waals surface area (Å²) in [6.07, 6.45) is -4.57. The Morgan fingerprint density at radius 2 is 1.52 bits per heavy atom. The fourth-order valence-corrected chi connectivity index (χ4v) is 2.27. The van der Waals surface area contributed by atoms with Crippen molar-refractivity contribution in [2.75, 3.05) is 43.3 Å². The number of carbonyl (C=O) groups excluding carboxylic acids is 1. The summed E-state index contributed by atoms with van der Waals surface area (Å²) in [5.74, 6) is -0.591. The second-order valence-electron chi connectivity index (χ2n) is 6.02. The Balaban J connectivity index is 2.36. The molecule has 2 rings (SSSR count). The number of anilines is 3. The third kappa shape index (κ3) is 4.43. The molecule has 2 aromatic rings. The Morgan fingerprint density at radius 1 is 0.920 bits per heavy atom. The molecule has 0 radical (unpaired) electrons. The van der Waals surface area contributed by atoms with E-state index in [0.29, 0.717) is 5.69 Å². The van der Waals surface area contributed by atoms with Gasteiger partial charge in [-0.15, -0.1) is 0 Å². The van der Waals surface area contributed by atoms with E-state index in [1.54, 1.807) is 37.2 Å². The largest absolute Gasteiger partial charge is 0.418 e. The van der Waals surface area contributed by atoms with Gasteiger partial charge in [0.05, 0.1) is 11.3 Å². The molecule has 2 aromatic carbocycles. The highest BCUT2D eigenvalue weighted by Crippen LogP contribution is 2.37. The molecule has 134 valence electrons. The lowest BCUT2D eigenvalue weighted by atomic mass is 10.1. The van der Waals surface area contributed by atoms with Gasteiger partial charge in [-0.05, 0) is 36.4 Å². The van der Waals surface area contributed by atoms with Crippen LogP contribution in [0.2, 0.25) is 0 Å². The number of amides is 1. The number of halogens is 3. The molecule has 1 N–H and O–H groups in total. The smallest absolute Gasteiger partial charge is 0.378 e. The molecule has 1 amide bonds. The van der Waals surface area contributed by atoms with E-state index in [0.717, 1.165) is 11.8 Å². The van der Waals surface area contributed by atoms with Crippen molar-refractivity contribution in [2.24, 2.45) is 0 Å². The Hall–Kier alpha value is -2.70. The fourth-order valence-electron chi connectivity index (χ4n) is 2.27. The maximum Gasteiger partial charge on any atom is 0.418 e. The average molecular weight is 351 g/mol. The van der Waals surface area contributed by atoms with E-state index in [9.17, 15) is 18.0 Å². The lowest BCUT2D eigenvalue weighted by Gasteiger charge is -2.19. The van der Waals surface area contributed by atoms with Crippen LogP contribution in [-0.4, -0.2) is 34.1 Å². The van der Waals surface area contributed by atoms with E-state index in [-0.39, 0.29) is 11.3 Å². The molecular formula is C18H20F3N3O. The standard InChI is InChI=1S/C18H20F3N3O/c1-23(2)13-7-5-6-12(10-13)17(25)22-16-9-8-14(24(3)4)11-15(16)18(19,20)21/h5-11H,1-4H3,(H,22,25). The topological polar surface area (TPSA) is 35.6 Å². The minimum absolute atomic E-state index is 0.265. The summed E-state index contributed by atoms with van der Waals surface area (Å²) in [6.45, 7) is 0. The quantitative estimate of drug-likeness (QED) is 0.901. The number of hydrogen-bond donors (Lipinski definition) is 1. The van der Waals surface area contributed by atoms with Gasteiger partial charge in [-0.1, -0.05) is 6.07 Å². The molecule has 7 heteroatoms. The monoisotopic (exact) mass is 351 g/mol. The zero-order valence-corrected chi connectivity index (χ0v) is 14.5. The fraction of sp³-hybridized carbons (Fsp3) is 0.278. The van der Waals surface area contributed by atoms with Crippen molar-refractivity contribution >= 4 is 23.0 Å². The summed E-state index contributed by atoms with van der Waals surface area (Å²) >= 11 is 0. The van der Waals surface area contributed by atoms with Gasteiger partial charge in [0.1, 0.15) is 0 Å². The van der Waals surface area contributed by atoms with Crippen molar-refractivity contribution in [3.63, 3.8) is 0 Å². The Kier molecular flexibility index (Phi) is 5.25. The Morgan fingerprint density at radius 3 is 2.08 bits per heavy atom. The molecule has 0 bridgehead atoms. The summed E-state index contributed by atoms with van der Waals surface area (Å²) in [7, 11) is 6.94. The molecule has 0 unspecified atom stereocenters. The van der Waals surface area contributed by atoms with Gasteiger partial charge in [0.15, 0.2) is 0 Å². The third-order valence-corrected chi connectivity index (χ3v) is 3.70. The number of benzene rings is 2. The molecule has 0 aliphatic heterocycles. The molecule has 0 fully saturated rings. The van der Waals surface area contributed by atoms with Crippen molar-refractivity contribution in [1.82, 2.24) is 0 Å². The van der Waals surface area contributed by atoms with Gasteiger partial charge in [0.25, 0.3) is 5.91 Å². The molecule has 0 aliphatic carbocycles. The van der Waals surface area contributed by atoms with Crippen LogP contribution < -0.4 is 15.1 Å². The van der Waals surface area contributed by atoms with Crippen LogP contribution in [0, 0.1) is 0 Å². The number of nitrogens with zero attached hydrogens (tertiary/aromatic N) is 2. The maximum atomic E-state index is 13.3. The molecule has 0 spiro atoms. The minimum atomic E-state index is -4.57. The van der Waals surface area contributed by atoms with Crippen molar-refractivity contribution in [1.29, 1.82) is 0 Å². The second-order valence-corrected chi connectivity index (χ2v) is 6.02. The van der Waals surface area contributed by atoms with E-state index >= 15 is 0 Å². The van der Waals surface area contributed by atoms with E-state index in [1.165, 1.54) is 12.1 Å². The Bertz CT molecular complexity index is 770. The molecule has 0 heterocycles. The molecule has 0 saturated heterocycles. The summed E-state index contributed by atoms with van der Waals surface area (Å²) in [4.78, 5) is 15.8. The SMILES string of the molecule is CN(C)c1cccc(C(=O)Nc2ccc(N(C)C)cc2C(F)(F)F)c1. The third-order valence-electron chi connectivity index (χ3n) is 3.70. The van der Waals surface area contributed by atoms with Crippen molar-refractivity contribution in [3.05, 3.63) is 53.6 Å². The number of rotatable bonds is 4. The lowest BCUT2D eigenvalue weighted by Crippen LogP contribution is -2.18. The van der Waals surface area contributed by atoms with Gasteiger partial charge in [0, 0.05) is 45.1 Å². The van der Waals surface area contributed by atoms with Crippen LogP contribution in [0.3, 0.4) is 0 Å². The molecule has 0 aliphatic rings. The predicted molar refractivity (Wildman–Crippen MR) is 94.5 cm³/mol.